The van der Waals surface area contributed by atoms with Crippen molar-refractivity contribution in [3.8, 4) is 11.5 Å². The number of fused-ring (bicyclic) bond motifs is 1. The number of nitrogens with zero attached hydrogens (tertiary/aromatic N) is 4. The first kappa shape index (κ1) is 27.8. The van der Waals surface area contributed by atoms with Crippen LogP contribution in [0.2, 0.25) is 0 Å². The number of piperidine rings is 1. The predicted octanol–water partition coefficient (Wildman–Crippen LogP) is 5.62. The summed E-state index contributed by atoms with van der Waals surface area (Å²) in [5.41, 5.74) is 4.85. The third-order valence-electron chi connectivity index (χ3n) is 7.68. The van der Waals surface area contributed by atoms with Crippen molar-refractivity contribution >= 4 is 28.5 Å². The van der Waals surface area contributed by atoms with E-state index < -0.39 is 0 Å². The Labute approximate surface area is 236 Å². The van der Waals surface area contributed by atoms with E-state index in [1.165, 1.54) is 5.56 Å². The number of Topliss-reactive ketones (excluding diaryl/α,β-unsaturated/α-hetero) is 1. The number of carbonyl (C=O) groups excluding carboxylic acids is 1. The molecule has 1 fully saturated rings. The zero-order valence-corrected chi connectivity index (χ0v) is 23.9. The van der Waals surface area contributed by atoms with Gasteiger partial charge in [-0.25, -0.2) is 4.98 Å². The zero-order valence-electron chi connectivity index (χ0n) is 23.9. The number of β-amino-alcohol motifs (C(OH)–C–C–N with tert-alkyl or cyclic N) is 1. The summed E-state index contributed by atoms with van der Waals surface area (Å²) in [7, 11) is 1.99. The first-order chi connectivity index (χ1) is 19.2. The topological polar surface area (TPSA) is 92.5 Å². The Morgan fingerprint density at radius 1 is 1.07 bits per heavy atom. The molecule has 1 aliphatic rings. The molecule has 210 valence electrons. The highest BCUT2D eigenvalue weighted by atomic mass is 16.5. The zero-order chi connectivity index (χ0) is 28.3. The van der Waals surface area contributed by atoms with Gasteiger partial charge in [0.1, 0.15) is 17.3 Å². The number of ether oxygens (including phenoxy) is 1. The Hall–Kier alpha value is -3.75. The van der Waals surface area contributed by atoms with Gasteiger partial charge in [0.15, 0.2) is 0 Å². The Morgan fingerprint density at radius 2 is 1.85 bits per heavy atom. The van der Waals surface area contributed by atoms with Crippen molar-refractivity contribution in [3.63, 3.8) is 0 Å². The van der Waals surface area contributed by atoms with Crippen molar-refractivity contribution < 1.29 is 14.6 Å². The molecule has 4 aromatic rings. The molecule has 5 rings (SSSR count). The molecule has 0 radical (unpaired) electrons. The number of aliphatic hydroxyl groups is 1. The van der Waals surface area contributed by atoms with Crippen LogP contribution in [0.1, 0.15) is 44.9 Å². The lowest BCUT2D eigenvalue weighted by Crippen LogP contribution is -2.38. The third-order valence-corrected chi connectivity index (χ3v) is 7.68. The van der Waals surface area contributed by atoms with Crippen LogP contribution >= 0.6 is 0 Å². The maximum absolute atomic E-state index is 12.9. The maximum Gasteiger partial charge on any atom is 0.208 e. The molecule has 0 saturated carbocycles. The molecular formula is C32H39N5O3. The highest BCUT2D eigenvalue weighted by Crippen LogP contribution is 2.30. The molecule has 8 nitrogen and oxygen atoms in total. The average Bonchev–Trinajstić information content (AvgIpc) is 3.23. The fourth-order valence-electron chi connectivity index (χ4n) is 5.24. The molecule has 2 aromatic carbocycles. The number of pyridine rings is 1. The molecule has 2 N–H and O–H groups in total. The van der Waals surface area contributed by atoms with Crippen LogP contribution in [0, 0.1) is 5.92 Å². The summed E-state index contributed by atoms with van der Waals surface area (Å²) in [4.78, 5) is 24.4. The molecule has 0 bridgehead atoms. The van der Waals surface area contributed by atoms with Crippen molar-refractivity contribution in [3.05, 3.63) is 72.1 Å². The van der Waals surface area contributed by atoms with Crippen molar-refractivity contribution in [1.82, 2.24) is 19.4 Å². The van der Waals surface area contributed by atoms with Gasteiger partial charge in [0.05, 0.1) is 23.3 Å². The van der Waals surface area contributed by atoms with Crippen LogP contribution in [0.4, 0.5) is 11.6 Å². The number of imidazole rings is 1. The van der Waals surface area contributed by atoms with E-state index in [2.05, 4.69) is 60.2 Å². The summed E-state index contributed by atoms with van der Waals surface area (Å²) in [6.45, 7) is 9.15. The number of hydrogen-bond donors (Lipinski definition) is 2. The van der Waals surface area contributed by atoms with Gasteiger partial charge in [-0.15, -0.1) is 0 Å². The fourth-order valence-corrected chi connectivity index (χ4v) is 5.24. The molecule has 1 saturated heterocycles. The van der Waals surface area contributed by atoms with E-state index in [0.717, 1.165) is 48.6 Å². The van der Waals surface area contributed by atoms with Crippen LogP contribution in [-0.4, -0.2) is 56.6 Å². The number of aromatic nitrogens is 3. The molecule has 8 heteroatoms. The van der Waals surface area contributed by atoms with Crippen LogP contribution in [-0.2, 0) is 23.7 Å². The lowest BCUT2D eigenvalue weighted by Gasteiger charge is -2.30. The average molecular weight is 542 g/mol. The molecule has 0 aliphatic carbocycles. The summed E-state index contributed by atoms with van der Waals surface area (Å²) in [6.07, 6.45) is 3.65. The van der Waals surface area contributed by atoms with Gasteiger partial charge < -0.3 is 24.6 Å². The highest BCUT2D eigenvalue weighted by molar-refractivity contribution is 5.83. The molecule has 1 aliphatic heterocycles. The number of benzene rings is 2. The number of anilines is 2. The Balaban J connectivity index is 1.26. The van der Waals surface area contributed by atoms with Gasteiger partial charge in [-0.05, 0) is 67.2 Å². The first-order valence-corrected chi connectivity index (χ1v) is 14.0. The molecule has 0 atom stereocenters. The minimum atomic E-state index is 0.0478. The van der Waals surface area contributed by atoms with E-state index in [1.807, 2.05) is 35.9 Å². The van der Waals surface area contributed by atoms with Gasteiger partial charge in [-0.3, -0.25) is 9.78 Å². The summed E-state index contributed by atoms with van der Waals surface area (Å²) >= 11 is 0. The van der Waals surface area contributed by atoms with Gasteiger partial charge in [-0.2, -0.15) is 0 Å². The molecular weight excluding hydrogens is 502 g/mol. The van der Waals surface area contributed by atoms with Gasteiger partial charge in [0.25, 0.3) is 0 Å². The largest absolute Gasteiger partial charge is 0.457 e. The van der Waals surface area contributed by atoms with Crippen molar-refractivity contribution in [2.24, 2.45) is 13.0 Å². The summed E-state index contributed by atoms with van der Waals surface area (Å²) in [5, 5.41) is 12.6. The summed E-state index contributed by atoms with van der Waals surface area (Å²) in [5.74, 6) is 2.34. The molecule has 0 unspecified atom stereocenters. The van der Waals surface area contributed by atoms with E-state index in [-0.39, 0.29) is 23.7 Å². The number of rotatable bonds is 9. The first-order valence-electron chi connectivity index (χ1n) is 14.0. The lowest BCUT2D eigenvalue weighted by atomic mass is 9.87. The van der Waals surface area contributed by atoms with Crippen LogP contribution in [0.3, 0.4) is 0 Å². The number of nitrogens with one attached hydrogen (secondary N) is 1. The SMILES string of the molecule is Cn1c(Nc2cccc(C(C)(C)C)c2)nc2cc(Oc3ccnc(CC(=O)C4CCN(CCO)CC4)c3)ccc21. The van der Waals surface area contributed by atoms with E-state index >= 15 is 0 Å². The Morgan fingerprint density at radius 3 is 2.60 bits per heavy atom. The van der Waals surface area contributed by atoms with E-state index in [0.29, 0.717) is 30.2 Å². The number of ketones is 1. The standard InChI is InChI=1S/C32H39N5O3/c1-32(2,3)23-6-5-7-24(18-23)34-31-35-28-21-26(8-9-29(28)36(31)4)40-27-10-13-33-25(19-27)20-30(39)22-11-14-37(15-12-22)16-17-38/h5-10,13,18-19,21-22,38H,11-12,14-17,20H2,1-4H3,(H,34,35). The van der Waals surface area contributed by atoms with Crippen LogP contribution in [0.25, 0.3) is 11.0 Å². The number of likely N-dealkylation sites (tertiary alicyclic amines) is 1. The number of hydrogen-bond acceptors (Lipinski definition) is 7. The molecule has 0 spiro atoms. The van der Waals surface area contributed by atoms with Crippen molar-refractivity contribution in [2.75, 3.05) is 31.6 Å². The second-order valence-corrected chi connectivity index (χ2v) is 11.7. The normalized spacial score (nSPS) is 14.9. The second kappa shape index (κ2) is 11.8. The van der Waals surface area contributed by atoms with Gasteiger partial charge >= 0.3 is 0 Å². The van der Waals surface area contributed by atoms with Crippen molar-refractivity contribution in [2.45, 2.75) is 45.4 Å². The van der Waals surface area contributed by atoms with Gasteiger partial charge in [0, 0.05) is 49.9 Å². The van der Waals surface area contributed by atoms with Crippen LogP contribution in [0.5, 0.6) is 11.5 Å². The monoisotopic (exact) mass is 541 g/mol. The molecule has 2 aromatic heterocycles. The van der Waals surface area contributed by atoms with E-state index in [4.69, 9.17) is 14.8 Å². The third kappa shape index (κ3) is 6.51. The molecule has 3 heterocycles. The number of aryl methyl sites for hydroxylation is 1. The predicted molar refractivity (Wildman–Crippen MR) is 158 cm³/mol. The maximum atomic E-state index is 12.9. The van der Waals surface area contributed by atoms with Crippen molar-refractivity contribution in [1.29, 1.82) is 0 Å². The Kier molecular flexibility index (Phi) is 8.19. The minimum absolute atomic E-state index is 0.0478. The molecule has 40 heavy (non-hydrogen) atoms. The second-order valence-electron chi connectivity index (χ2n) is 11.7. The smallest absolute Gasteiger partial charge is 0.208 e. The highest BCUT2D eigenvalue weighted by Gasteiger charge is 2.25. The van der Waals surface area contributed by atoms with E-state index in [1.54, 1.807) is 12.3 Å². The van der Waals surface area contributed by atoms with Gasteiger partial charge in [-0.1, -0.05) is 32.9 Å². The fraction of sp³-hybridized carbons (Fsp3) is 0.406. The minimum Gasteiger partial charge on any atom is -0.457 e. The Bertz CT molecular complexity index is 1480. The molecule has 0 amide bonds. The van der Waals surface area contributed by atoms with E-state index in [9.17, 15) is 4.79 Å². The lowest BCUT2D eigenvalue weighted by molar-refractivity contribution is -0.123. The summed E-state index contributed by atoms with van der Waals surface area (Å²) in [6, 6.07) is 17.9. The number of aliphatic hydroxyl groups excluding tert-OH is 1. The summed E-state index contributed by atoms with van der Waals surface area (Å²) < 4.78 is 8.20. The quantitative estimate of drug-likeness (QED) is 0.284. The van der Waals surface area contributed by atoms with Crippen LogP contribution in [0.15, 0.2) is 60.8 Å². The number of carbonyl (C=O) groups is 1. The van der Waals surface area contributed by atoms with Crippen LogP contribution < -0.4 is 10.1 Å². The van der Waals surface area contributed by atoms with Gasteiger partial charge in [0.2, 0.25) is 5.95 Å².